The molecule has 2 unspecified atom stereocenters. The van der Waals surface area contributed by atoms with Gasteiger partial charge in [0.2, 0.25) is 0 Å². The van der Waals surface area contributed by atoms with Crippen molar-refractivity contribution in [3.8, 4) is 23.0 Å². The molecule has 9 heteroatoms. The number of methoxy groups -OCH3 is 4. The standard InChI is InChI=1S/C22H27NO7S/c1-14(24)22(25)23-18-10-15(6-7-19(18)28-3)13-31(26)9-8-17-20(29-4)11-16(27-2)12-21(17)30-5/h6-12,14,24H,13H2,1-5H3,(H,23,25)/b9-8+. The second-order valence-electron chi connectivity index (χ2n) is 6.47. The van der Waals surface area contributed by atoms with E-state index in [2.05, 4.69) is 5.32 Å². The summed E-state index contributed by atoms with van der Waals surface area (Å²) in [5.41, 5.74) is 1.75. The van der Waals surface area contributed by atoms with Gasteiger partial charge in [-0.25, -0.2) is 0 Å². The van der Waals surface area contributed by atoms with Crippen molar-refractivity contribution in [2.75, 3.05) is 33.8 Å². The van der Waals surface area contributed by atoms with Gasteiger partial charge in [0, 0.05) is 23.8 Å². The number of aliphatic hydroxyl groups is 1. The molecule has 2 aromatic rings. The number of amides is 1. The van der Waals surface area contributed by atoms with E-state index in [1.54, 1.807) is 48.9 Å². The van der Waals surface area contributed by atoms with Gasteiger partial charge < -0.3 is 33.9 Å². The molecule has 0 aliphatic carbocycles. The first-order valence-electron chi connectivity index (χ1n) is 9.34. The van der Waals surface area contributed by atoms with Gasteiger partial charge in [-0.05, 0) is 30.2 Å². The molecule has 0 aliphatic heterocycles. The lowest BCUT2D eigenvalue weighted by molar-refractivity contribution is -0.123. The van der Waals surface area contributed by atoms with Crippen LogP contribution in [0.2, 0.25) is 0 Å². The summed E-state index contributed by atoms with van der Waals surface area (Å²) >= 11 is -1.36. The molecule has 0 spiro atoms. The lowest BCUT2D eigenvalue weighted by atomic mass is 10.1. The van der Waals surface area contributed by atoms with Crippen molar-refractivity contribution < 1.29 is 33.4 Å². The van der Waals surface area contributed by atoms with Crippen molar-refractivity contribution in [1.29, 1.82) is 0 Å². The van der Waals surface area contributed by atoms with Crippen molar-refractivity contribution in [2.24, 2.45) is 0 Å². The number of benzene rings is 2. The third-order valence-electron chi connectivity index (χ3n) is 4.35. The minimum atomic E-state index is -1.36. The number of hydrogen-bond acceptors (Lipinski definition) is 7. The first kappa shape index (κ1) is 24.4. The van der Waals surface area contributed by atoms with Crippen LogP contribution in [0.25, 0.3) is 6.08 Å². The van der Waals surface area contributed by atoms with Crippen LogP contribution in [0, 0.1) is 0 Å². The number of hydrogen-bond donors (Lipinski definition) is 2. The van der Waals surface area contributed by atoms with Crippen LogP contribution in [0.4, 0.5) is 5.69 Å². The number of rotatable bonds is 10. The fourth-order valence-electron chi connectivity index (χ4n) is 2.73. The van der Waals surface area contributed by atoms with Crippen molar-refractivity contribution >= 4 is 28.8 Å². The maximum absolute atomic E-state index is 12.7. The van der Waals surface area contributed by atoms with Crippen molar-refractivity contribution in [1.82, 2.24) is 0 Å². The highest BCUT2D eigenvalue weighted by atomic mass is 32.2. The van der Waals surface area contributed by atoms with E-state index in [9.17, 15) is 14.5 Å². The molecule has 0 saturated heterocycles. The number of ether oxygens (including phenoxy) is 4. The quantitative estimate of drug-likeness (QED) is 0.537. The molecule has 168 valence electrons. The number of carbonyl (C=O) groups excluding carboxylic acids is 1. The average Bonchev–Trinajstić information content (AvgIpc) is 2.77. The Morgan fingerprint density at radius 2 is 1.68 bits per heavy atom. The third-order valence-corrected chi connectivity index (χ3v) is 5.41. The summed E-state index contributed by atoms with van der Waals surface area (Å²) < 4.78 is 33.9. The minimum Gasteiger partial charge on any atom is -0.612 e. The topological polar surface area (TPSA) is 109 Å². The highest BCUT2D eigenvalue weighted by molar-refractivity contribution is 7.93. The monoisotopic (exact) mass is 449 g/mol. The molecule has 0 saturated carbocycles. The van der Waals surface area contributed by atoms with Gasteiger partial charge in [0.15, 0.2) is 0 Å². The summed E-state index contributed by atoms with van der Waals surface area (Å²) in [6, 6.07) is 8.53. The molecule has 1 amide bonds. The molecule has 0 aromatic heterocycles. The zero-order valence-electron chi connectivity index (χ0n) is 18.1. The Bertz CT molecular complexity index is 905. The summed E-state index contributed by atoms with van der Waals surface area (Å²) in [6.07, 6.45) is 0.507. The molecule has 0 heterocycles. The first-order chi connectivity index (χ1) is 14.8. The Kier molecular flexibility index (Phi) is 9.04. The van der Waals surface area contributed by atoms with E-state index in [0.29, 0.717) is 34.2 Å². The van der Waals surface area contributed by atoms with Gasteiger partial charge in [0.25, 0.3) is 5.91 Å². The highest BCUT2D eigenvalue weighted by Gasteiger charge is 2.15. The number of nitrogens with one attached hydrogen (secondary N) is 1. The summed E-state index contributed by atoms with van der Waals surface area (Å²) in [4.78, 5) is 11.8. The van der Waals surface area contributed by atoms with E-state index in [4.69, 9.17) is 18.9 Å². The average molecular weight is 450 g/mol. The van der Waals surface area contributed by atoms with Crippen molar-refractivity contribution in [2.45, 2.75) is 18.8 Å². The molecule has 2 rings (SSSR count). The molecule has 0 bridgehead atoms. The fourth-order valence-corrected chi connectivity index (χ4v) is 3.63. The molecular formula is C22H27NO7S. The van der Waals surface area contributed by atoms with Crippen LogP contribution in [-0.4, -0.2) is 50.1 Å². The van der Waals surface area contributed by atoms with Crippen molar-refractivity contribution in [3.05, 3.63) is 46.9 Å². The van der Waals surface area contributed by atoms with Crippen molar-refractivity contribution in [3.63, 3.8) is 0 Å². The summed E-state index contributed by atoms with van der Waals surface area (Å²) in [5, 5.41) is 13.6. The van der Waals surface area contributed by atoms with Crippen LogP contribution in [0.1, 0.15) is 18.1 Å². The Balaban J connectivity index is 2.22. The molecular weight excluding hydrogens is 422 g/mol. The molecule has 2 aromatic carbocycles. The smallest absolute Gasteiger partial charge is 0.253 e. The van der Waals surface area contributed by atoms with Gasteiger partial charge >= 0.3 is 0 Å². The molecule has 0 radical (unpaired) electrons. The van der Waals surface area contributed by atoms with E-state index in [0.717, 1.165) is 5.56 Å². The lowest BCUT2D eigenvalue weighted by Gasteiger charge is -2.14. The first-order valence-corrected chi connectivity index (χ1v) is 10.7. The third kappa shape index (κ3) is 6.55. The van der Waals surface area contributed by atoms with Gasteiger partial charge in [-0.1, -0.05) is 6.07 Å². The van der Waals surface area contributed by atoms with Gasteiger partial charge in [-0.3, -0.25) is 4.79 Å². The van der Waals surface area contributed by atoms with Crippen LogP contribution in [-0.2, 0) is 21.7 Å². The highest BCUT2D eigenvalue weighted by Crippen LogP contribution is 2.35. The normalized spacial score (nSPS) is 12.9. The van der Waals surface area contributed by atoms with Crippen LogP contribution in [0.5, 0.6) is 23.0 Å². The Labute approximate surface area is 185 Å². The second kappa shape index (κ2) is 11.5. The van der Waals surface area contributed by atoms with E-state index in [1.807, 2.05) is 0 Å². The van der Waals surface area contributed by atoms with Gasteiger partial charge in [-0.2, -0.15) is 0 Å². The van der Waals surface area contributed by atoms with E-state index in [1.165, 1.54) is 28.3 Å². The van der Waals surface area contributed by atoms with Crippen LogP contribution < -0.4 is 24.3 Å². The lowest BCUT2D eigenvalue weighted by Crippen LogP contribution is -2.24. The van der Waals surface area contributed by atoms with Crippen LogP contribution in [0.3, 0.4) is 0 Å². The molecule has 0 aliphatic rings. The summed E-state index contributed by atoms with van der Waals surface area (Å²) in [6.45, 7) is 1.37. The van der Waals surface area contributed by atoms with Gasteiger partial charge in [0.05, 0.1) is 39.7 Å². The van der Waals surface area contributed by atoms with Gasteiger partial charge in [-0.15, -0.1) is 0 Å². The zero-order chi connectivity index (χ0) is 23.0. The van der Waals surface area contributed by atoms with E-state index in [-0.39, 0.29) is 5.75 Å². The number of carbonyl (C=O) groups is 1. The zero-order valence-corrected chi connectivity index (χ0v) is 18.9. The Hall–Kier alpha value is -2.88. The fraction of sp³-hybridized carbons (Fsp3) is 0.318. The predicted molar refractivity (Wildman–Crippen MR) is 120 cm³/mol. The number of anilines is 1. The summed E-state index contributed by atoms with van der Waals surface area (Å²) in [7, 11) is 6.08. The molecule has 2 N–H and O–H groups in total. The number of aliphatic hydroxyl groups excluding tert-OH is 1. The Morgan fingerprint density at radius 3 is 2.19 bits per heavy atom. The predicted octanol–water partition coefficient (Wildman–Crippen LogP) is 2.96. The maximum Gasteiger partial charge on any atom is 0.253 e. The molecule has 2 atom stereocenters. The molecule has 8 nitrogen and oxygen atoms in total. The Morgan fingerprint density at radius 1 is 1.06 bits per heavy atom. The SMILES string of the molecule is COc1cc(OC)c(/C=C/[S+]([O-])Cc2ccc(OC)c(NC(=O)C(C)O)c2)c(OC)c1. The summed E-state index contributed by atoms with van der Waals surface area (Å²) in [5.74, 6) is 1.71. The van der Waals surface area contributed by atoms with Crippen LogP contribution in [0.15, 0.2) is 35.7 Å². The minimum absolute atomic E-state index is 0.207. The van der Waals surface area contributed by atoms with Crippen LogP contribution >= 0.6 is 0 Å². The molecule has 31 heavy (non-hydrogen) atoms. The van der Waals surface area contributed by atoms with Gasteiger partial charge in [0.1, 0.15) is 40.3 Å². The van der Waals surface area contributed by atoms with E-state index >= 15 is 0 Å². The maximum atomic E-state index is 12.7. The largest absolute Gasteiger partial charge is 0.612 e. The molecule has 0 fully saturated rings. The second-order valence-corrected chi connectivity index (χ2v) is 7.80. The van der Waals surface area contributed by atoms with E-state index < -0.39 is 23.2 Å².